The average Bonchev–Trinajstić information content (AvgIpc) is 2.67. The summed E-state index contributed by atoms with van der Waals surface area (Å²) in [6.07, 6.45) is 6.00. The maximum absolute atomic E-state index is 10.9. The smallest absolute Gasteiger partial charge is 0.122 e. The molecule has 0 heterocycles. The van der Waals surface area contributed by atoms with Crippen LogP contribution in [0.4, 0.5) is 5.69 Å². The summed E-state index contributed by atoms with van der Waals surface area (Å²) in [6, 6.07) is 11.4. The van der Waals surface area contributed by atoms with Crippen molar-refractivity contribution in [1.82, 2.24) is 0 Å². The molecule has 1 unspecified atom stereocenters. The molecule has 1 atom stereocenters. The fourth-order valence-electron chi connectivity index (χ4n) is 4.06. The summed E-state index contributed by atoms with van der Waals surface area (Å²) < 4.78 is 0. The van der Waals surface area contributed by atoms with E-state index in [1.54, 1.807) is 0 Å². The molecule has 2 aromatic rings. The van der Waals surface area contributed by atoms with Gasteiger partial charge in [0.2, 0.25) is 0 Å². The lowest BCUT2D eigenvalue weighted by Gasteiger charge is -2.24. The Labute approximate surface area is 178 Å². The zero-order valence-electron chi connectivity index (χ0n) is 19.7. The summed E-state index contributed by atoms with van der Waals surface area (Å²) in [6.45, 7) is 15.6. The van der Waals surface area contributed by atoms with E-state index < -0.39 is 0 Å². The Morgan fingerprint density at radius 3 is 1.93 bits per heavy atom. The lowest BCUT2D eigenvalue weighted by molar-refractivity contribution is 0.458. The highest BCUT2D eigenvalue weighted by atomic mass is 16.3. The molecule has 0 saturated carbocycles. The summed E-state index contributed by atoms with van der Waals surface area (Å²) >= 11 is 0. The summed E-state index contributed by atoms with van der Waals surface area (Å²) in [4.78, 5) is 0. The van der Waals surface area contributed by atoms with E-state index in [0.29, 0.717) is 5.75 Å². The van der Waals surface area contributed by atoms with Crippen LogP contribution in [0.3, 0.4) is 0 Å². The predicted octanol–water partition coefficient (Wildman–Crippen LogP) is 7.72. The lowest BCUT2D eigenvalue weighted by atomic mass is 9.86. The van der Waals surface area contributed by atoms with Gasteiger partial charge in [0.15, 0.2) is 0 Å². The van der Waals surface area contributed by atoms with E-state index in [1.807, 2.05) is 0 Å². The molecule has 0 aliphatic carbocycles. The Kier molecular flexibility index (Phi) is 8.19. The number of aryl methyl sites for hydroxylation is 1. The molecule has 0 saturated heterocycles. The summed E-state index contributed by atoms with van der Waals surface area (Å²) in [7, 11) is 0. The van der Waals surface area contributed by atoms with Gasteiger partial charge < -0.3 is 10.4 Å². The van der Waals surface area contributed by atoms with Gasteiger partial charge >= 0.3 is 0 Å². The van der Waals surface area contributed by atoms with Crippen molar-refractivity contribution in [2.75, 3.05) is 5.32 Å². The molecular weight excluding hydrogens is 354 g/mol. The van der Waals surface area contributed by atoms with Crippen LogP contribution >= 0.6 is 0 Å². The second-order valence-electron chi connectivity index (χ2n) is 9.38. The van der Waals surface area contributed by atoms with Crippen LogP contribution in [0.2, 0.25) is 0 Å². The van der Waals surface area contributed by atoms with E-state index in [9.17, 15) is 5.11 Å². The largest absolute Gasteiger partial charge is 0.507 e. The minimum Gasteiger partial charge on any atom is -0.507 e. The molecule has 0 aromatic heterocycles. The number of phenolic OH excluding ortho intramolecular Hbond substituents is 1. The maximum Gasteiger partial charge on any atom is 0.122 e. The number of aromatic hydroxyl groups is 1. The van der Waals surface area contributed by atoms with Crippen molar-refractivity contribution >= 4 is 5.69 Å². The molecule has 2 heteroatoms. The van der Waals surface area contributed by atoms with Gasteiger partial charge in [0.1, 0.15) is 5.75 Å². The van der Waals surface area contributed by atoms with Crippen molar-refractivity contribution in [2.24, 2.45) is 0 Å². The van der Waals surface area contributed by atoms with Gasteiger partial charge in [-0.25, -0.2) is 0 Å². The molecule has 0 fully saturated rings. The Balaban J connectivity index is 2.41. The Morgan fingerprint density at radius 1 is 0.862 bits per heavy atom. The zero-order chi connectivity index (χ0) is 21.6. The molecular formula is C27H41NO. The van der Waals surface area contributed by atoms with Crippen LogP contribution in [0, 0.1) is 0 Å². The monoisotopic (exact) mass is 395 g/mol. The summed E-state index contributed by atoms with van der Waals surface area (Å²) in [5.74, 6) is 0.532. The Morgan fingerprint density at radius 2 is 1.41 bits per heavy atom. The van der Waals surface area contributed by atoms with E-state index in [4.69, 9.17) is 0 Å². The molecule has 160 valence electrons. The average molecular weight is 396 g/mol. The highest BCUT2D eigenvalue weighted by Gasteiger charge is 2.19. The Hall–Kier alpha value is -1.96. The lowest BCUT2D eigenvalue weighted by Crippen LogP contribution is -2.13. The molecule has 0 aliphatic heterocycles. The topological polar surface area (TPSA) is 32.3 Å². The fourth-order valence-corrected chi connectivity index (χ4v) is 4.06. The second-order valence-corrected chi connectivity index (χ2v) is 9.38. The van der Waals surface area contributed by atoms with Crippen LogP contribution in [0.15, 0.2) is 30.3 Å². The van der Waals surface area contributed by atoms with Gasteiger partial charge in [0.25, 0.3) is 0 Å². The first-order valence-corrected chi connectivity index (χ1v) is 11.5. The highest BCUT2D eigenvalue weighted by molar-refractivity contribution is 5.63. The third-order valence-electron chi connectivity index (χ3n) is 5.77. The third-order valence-corrected chi connectivity index (χ3v) is 5.77. The van der Waals surface area contributed by atoms with Crippen molar-refractivity contribution in [3.63, 3.8) is 0 Å². The van der Waals surface area contributed by atoms with E-state index in [1.165, 1.54) is 22.4 Å². The van der Waals surface area contributed by atoms with Gasteiger partial charge in [-0.2, -0.15) is 0 Å². The van der Waals surface area contributed by atoms with Crippen LogP contribution in [0.5, 0.6) is 5.75 Å². The van der Waals surface area contributed by atoms with Gasteiger partial charge in [0, 0.05) is 11.7 Å². The fraction of sp³-hybridized carbons (Fsp3) is 0.556. The molecule has 2 nitrogen and oxygen atoms in total. The molecule has 0 bridgehead atoms. The molecule has 0 spiro atoms. The van der Waals surface area contributed by atoms with Gasteiger partial charge in [-0.05, 0) is 65.5 Å². The van der Waals surface area contributed by atoms with E-state index in [2.05, 4.69) is 84.1 Å². The minimum atomic E-state index is 0.171. The van der Waals surface area contributed by atoms with Gasteiger partial charge in [-0.15, -0.1) is 0 Å². The molecule has 0 aliphatic rings. The van der Waals surface area contributed by atoms with Gasteiger partial charge in [-0.3, -0.25) is 0 Å². The van der Waals surface area contributed by atoms with Crippen molar-refractivity contribution < 1.29 is 5.11 Å². The van der Waals surface area contributed by atoms with Crippen LogP contribution in [-0.4, -0.2) is 5.11 Å². The quantitative estimate of drug-likeness (QED) is 0.426. The Bertz CT molecular complexity index is 784. The molecule has 29 heavy (non-hydrogen) atoms. The summed E-state index contributed by atoms with van der Waals surface area (Å²) in [5, 5.41) is 14.7. The van der Waals surface area contributed by atoms with Crippen molar-refractivity contribution in [2.45, 2.75) is 98.4 Å². The van der Waals surface area contributed by atoms with Crippen molar-refractivity contribution in [3.05, 3.63) is 58.1 Å². The van der Waals surface area contributed by atoms with E-state index in [0.717, 1.165) is 49.7 Å². The first-order valence-electron chi connectivity index (χ1n) is 11.5. The van der Waals surface area contributed by atoms with Gasteiger partial charge in [0.05, 0.1) is 0 Å². The van der Waals surface area contributed by atoms with Crippen molar-refractivity contribution in [3.8, 4) is 5.75 Å². The molecule has 0 amide bonds. The van der Waals surface area contributed by atoms with Crippen LogP contribution in [0.1, 0.15) is 102 Å². The summed E-state index contributed by atoms with van der Waals surface area (Å²) in [5.41, 5.74) is 7.55. The number of phenols is 1. The first kappa shape index (κ1) is 23.3. The molecule has 2 aromatic carbocycles. The van der Waals surface area contributed by atoms with Gasteiger partial charge in [-0.1, -0.05) is 85.1 Å². The van der Waals surface area contributed by atoms with E-state index >= 15 is 0 Å². The normalized spacial score (nSPS) is 12.8. The first-order chi connectivity index (χ1) is 13.7. The standard InChI is InChI=1S/C27H41NO/c1-8-11-21-18-25(23(12-9-2)24(13-10-3)26(21)29)28-19(4)20-14-16-22(17-15-20)27(5,6)7/h14-19,28-29H,8-13H2,1-7H3. The molecule has 2 N–H and O–H groups in total. The van der Waals surface area contributed by atoms with Crippen LogP contribution < -0.4 is 5.32 Å². The SMILES string of the molecule is CCCc1cc(NC(C)c2ccc(C(C)(C)C)cc2)c(CCC)c(CCC)c1O. The third kappa shape index (κ3) is 5.78. The number of rotatable bonds is 9. The van der Waals surface area contributed by atoms with Crippen LogP contribution in [0.25, 0.3) is 0 Å². The molecule has 0 radical (unpaired) electrons. The maximum atomic E-state index is 10.9. The number of nitrogens with one attached hydrogen (secondary N) is 1. The van der Waals surface area contributed by atoms with Crippen LogP contribution in [-0.2, 0) is 24.7 Å². The number of hydrogen-bond acceptors (Lipinski definition) is 2. The zero-order valence-corrected chi connectivity index (χ0v) is 19.7. The minimum absolute atomic E-state index is 0.171. The molecule has 2 rings (SSSR count). The van der Waals surface area contributed by atoms with Crippen molar-refractivity contribution in [1.29, 1.82) is 0 Å². The van der Waals surface area contributed by atoms with E-state index in [-0.39, 0.29) is 11.5 Å². The highest BCUT2D eigenvalue weighted by Crippen LogP contribution is 2.36. The number of benzene rings is 2. The second kappa shape index (κ2) is 10.2. The number of anilines is 1. The number of hydrogen-bond donors (Lipinski definition) is 2. The predicted molar refractivity (Wildman–Crippen MR) is 127 cm³/mol.